The lowest BCUT2D eigenvalue weighted by Gasteiger charge is -2.29. The molecule has 0 aliphatic rings. The first-order valence-electron chi connectivity index (χ1n) is 9.86. The third-order valence-electron chi connectivity index (χ3n) is 4.77. The highest BCUT2D eigenvalue weighted by molar-refractivity contribution is 7.99. The van der Waals surface area contributed by atoms with Crippen molar-refractivity contribution >= 4 is 23.6 Å². The molecule has 0 radical (unpaired) electrons. The van der Waals surface area contributed by atoms with Crippen LogP contribution in [0, 0.1) is 5.82 Å². The Morgan fingerprint density at radius 1 is 1.03 bits per heavy atom. The molecule has 0 bridgehead atoms. The minimum absolute atomic E-state index is 0.0418. The fourth-order valence-electron chi connectivity index (χ4n) is 2.75. The van der Waals surface area contributed by atoms with E-state index in [0.29, 0.717) is 0 Å². The fourth-order valence-corrected chi connectivity index (χ4v) is 3.62. The summed E-state index contributed by atoms with van der Waals surface area (Å²) in [4.78, 5) is 27.2. The molecule has 1 N–H and O–H groups in total. The predicted octanol–water partition coefficient (Wildman–Crippen LogP) is 4.39. The average Bonchev–Trinajstić information content (AvgIpc) is 2.73. The number of benzene rings is 2. The van der Waals surface area contributed by atoms with E-state index >= 15 is 0 Å². The maximum Gasteiger partial charge on any atom is 0.242 e. The van der Waals surface area contributed by atoms with Crippen molar-refractivity contribution < 1.29 is 14.0 Å². The van der Waals surface area contributed by atoms with Crippen LogP contribution in [0.15, 0.2) is 54.6 Å². The molecule has 156 valence electrons. The molecule has 0 heterocycles. The van der Waals surface area contributed by atoms with Crippen molar-refractivity contribution in [2.24, 2.45) is 0 Å². The minimum atomic E-state index is -0.612. The number of thioether (sulfide) groups is 1. The largest absolute Gasteiger partial charge is 0.352 e. The number of carbonyl (C=O) groups is 2. The number of hydrogen-bond acceptors (Lipinski definition) is 3. The summed E-state index contributed by atoms with van der Waals surface area (Å²) in [5.74, 6) is 0.388. The van der Waals surface area contributed by atoms with Crippen molar-refractivity contribution in [3.8, 4) is 0 Å². The number of halogens is 1. The van der Waals surface area contributed by atoms with Gasteiger partial charge in [0.2, 0.25) is 11.8 Å². The van der Waals surface area contributed by atoms with Crippen molar-refractivity contribution in [1.82, 2.24) is 10.2 Å². The van der Waals surface area contributed by atoms with Gasteiger partial charge in [-0.3, -0.25) is 9.59 Å². The van der Waals surface area contributed by atoms with Gasteiger partial charge in [0.05, 0.1) is 5.75 Å². The van der Waals surface area contributed by atoms with E-state index in [9.17, 15) is 14.0 Å². The Labute approximate surface area is 176 Å². The molecule has 29 heavy (non-hydrogen) atoms. The van der Waals surface area contributed by atoms with Crippen molar-refractivity contribution in [2.75, 3.05) is 5.75 Å². The van der Waals surface area contributed by atoms with Crippen LogP contribution in [0.5, 0.6) is 0 Å². The monoisotopic (exact) mass is 416 g/mol. The Morgan fingerprint density at radius 2 is 1.69 bits per heavy atom. The molecule has 2 atom stereocenters. The molecule has 6 heteroatoms. The number of amides is 2. The summed E-state index contributed by atoms with van der Waals surface area (Å²) < 4.78 is 13.2. The van der Waals surface area contributed by atoms with E-state index in [4.69, 9.17) is 0 Å². The lowest BCUT2D eigenvalue weighted by molar-refractivity contribution is -0.138. The quantitative estimate of drug-likeness (QED) is 0.625. The standard InChI is InChI=1S/C23H29FN2O2S/c1-4-17(2)25-23(28)18(3)26(14-19-10-12-21(24)13-11-19)22(27)16-29-15-20-8-6-5-7-9-20/h5-13,17-18H,4,14-16H2,1-3H3,(H,25,28)/t17-,18+/m0/s1. The number of nitrogens with one attached hydrogen (secondary N) is 1. The summed E-state index contributed by atoms with van der Waals surface area (Å²) in [7, 11) is 0. The summed E-state index contributed by atoms with van der Waals surface area (Å²) in [5.41, 5.74) is 1.94. The van der Waals surface area contributed by atoms with Crippen LogP contribution in [-0.4, -0.2) is 34.6 Å². The molecule has 4 nitrogen and oxygen atoms in total. The van der Waals surface area contributed by atoms with Crippen LogP contribution in [0.2, 0.25) is 0 Å². The van der Waals surface area contributed by atoms with Gasteiger partial charge in [-0.25, -0.2) is 4.39 Å². The molecule has 0 unspecified atom stereocenters. The molecule has 2 aromatic rings. The van der Waals surface area contributed by atoms with E-state index < -0.39 is 6.04 Å². The molecule has 2 amide bonds. The third-order valence-corrected chi connectivity index (χ3v) is 5.76. The fraction of sp³-hybridized carbons (Fsp3) is 0.391. The Bertz CT molecular complexity index is 783. The Kier molecular flexibility index (Phi) is 9.19. The Balaban J connectivity index is 2.06. The first-order chi connectivity index (χ1) is 13.9. The second-order valence-corrected chi connectivity index (χ2v) is 8.11. The van der Waals surface area contributed by atoms with Crippen LogP contribution in [0.1, 0.15) is 38.3 Å². The SMILES string of the molecule is CC[C@H](C)NC(=O)[C@@H](C)N(Cc1ccc(F)cc1)C(=O)CSCc1ccccc1. The maximum atomic E-state index is 13.2. The van der Waals surface area contributed by atoms with Gasteiger partial charge in [0.25, 0.3) is 0 Å². The van der Waals surface area contributed by atoms with Gasteiger partial charge >= 0.3 is 0 Å². The summed E-state index contributed by atoms with van der Waals surface area (Å²) in [5, 5.41) is 2.94. The number of carbonyl (C=O) groups excluding carboxylic acids is 2. The molecule has 0 saturated carbocycles. The van der Waals surface area contributed by atoms with Gasteiger partial charge in [0.1, 0.15) is 11.9 Å². The van der Waals surface area contributed by atoms with Crippen LogP contribution in [-0.2, 0) is 21.9 Å². The highest BCUT2D eigenvalue weighted by atomic mass is 32.2. The third kappa shape index (κ3) is 7.54. The van der Waals surface area contributed by atoms with Crippen LogP contribution >= 0.6 is 11.8 Å². The van der Waals surface area contributed by atoms with Crippen LogP contribution in [0.25, 0.3) is 0 Å². The molecule has 0 aliphatic carbocycles. The number of hydrogen-bond donors (Lipinski definition) is 1. The maximum absolute atomic E-state index is 13.2. The molecule has 0 aromatic heterocycles. The Morgan fingerprint density at radius 3 is 2.31 bits per heavy atom. The van der Waals surface area contributed by atoms with Crippen molar-refractivity contribution in [1.29, 1.82) is 0 Å². The van der Waals surface area contributed by atoms with E-state index in [1.54, 1.807) is 24.0 Å². The van der Waals surface area contributed by atoms with Crippen LogP contribution < -0.4 is 5.32 Å². The summed E-state index contributed by atoms with van der Waals surface area (Å²) in [6.07, 6.45) is 0.817. The molecule has 0 spiro atoms. The zero-order valence-corrected chi connectivity index (χ0v) is 18.0. The highest BCUT2D eigenvalue weighted by Gasteiger charge is 2.26. The van der Waals surface area contributed by atoms with E-state index in [1.807, 2.05) is 44.2 Å². The summed E-state index contributed by atoms with van der Waals surface area (Å²) in [6, 6.07) is 15.4. The summed E-state index contributed by atoms with van der Waals surface area (Å²) >= 11 is 1.52. The van der Waals surface area contributed by atoms with Crippen LogP contribution in [0.4, 0.5) is 4.39 Å². The molecule has 0 fully saturated rings. The van der Waals surface area contributed by atoms with E-state index in [0.717, 1.165) is 23.3 Å². The van der Waals surface area contributed by atoms with Crippen molar-refractivity contribution in [2.45, 2.75) is 51.6 Å². The number of rotatable bonds is 10. The van der Waals surface area contributed by atoms with E-state index in [1.165, 1.54) is 23.9 Å². The molecule has 2 aromatic carbocycles. The van der Waals surface area contributed by atoms with E-state index in [2.05, 4.69) is 5.32 Å². The summed E-state index contributed by atoms with van der Waals surface area (Å²) in [6.45, 7) is 5.94. The molecule has 0 saturated heterocycles. The van der Waals surface area contributed by atoms with Crippen molar-refractivity contribution in [3.63, 3.8) is 0 Å². The smallest absolute Gasteiger partial charge is 0.242 e. The lowest BCUT2D eigenvalue weighted by Crippen LogP contribution is -2.50. The minimum Gasteiger partial charge on any atom is -0.352 e. The predicted molar refractivity (Wildman–Crippen MR) is 117 cm³/mol. The molecule has 2 rings (SSSR count). The molecular weight excluding hydrogens is 387 g/mol. The van der Waals surface area contributed by atoms with E-state index in [-0.39, 0.29) is 36.0 Å². The first-order valence-corrected chi connectivity index (χ1v) is 11.0. The lowest BCUT2D eigenvalue weighted by atomic mass is 10.1. The van der Waals surface area contributed by atoms with Crippen LogP contribution in [0.3, 0.4) is 0 Å². The molecular formula is C23H29FN2O2S. The first kappa shape index (κ1) is 22.9. The van der Waals surface area contributed by atoms with Gasteiger partial charge in [-0.2, -0.15) is 0 Å². The topological polar surface area (TPSA) is 49.4 Å². The van der Waals surface area contributed by atoms with Gasteiger partial charge in [-0.15, -0.1) is 11.8 Å². The highest BCUT2D eigenvalue weighted by Crippen LogP contribution is 2.16. The average molecular weight is 417 g/mol. The second kappa shape index (κ2) is 11.6. The zero-order valence-electron chi connectivity index (χ0n) is 17.2. The Hall–Kier alpha value is -2.34. The zero-order chi connectivity index (χ0) is 21.2. The van der Waals surface area contributed by atoms with Gasteiger partial charge in [-0.1, -0.05) is 49.4 Å². The van der Waals surface area contributed by atoms with Gasteiger partial charge in [0, 0.05) is 18.3 Å². The van der Waals surface area contributed by atoms with Crippen molar-refractivity contribution in [3.05, 3.63) is 71.5 Å². The second-order valence-electron chi connectivity index (χ2n) is 7.12. The van der Waals surface area contributed by atoms with Gasteiger partial charge < -0.3 is 10.2 Å². The normalized spacial score (nSPS) is 12.8. The molecule has 0 aliphatic heterocycles. The van der Waals surface area contributed by atoms with Gasteiger partial charge in [-0.05, 0) is 43.5 Å². The van der Waals surface area contributed by atoms with Gasteiger partial charge in [0.15, 0.2) is 0 Å². The number of nitrogens with zero attached hydrogens (tertiary/aromatic N) is 1.